The zero-order valence-corrected chi connectivity index (χ0v) is 18.2. The molecule has 1 heterocycles. The first-order valence-electron chi connectivity index (χ1n) is 10.0. The van der Waals surface area contributed by atoms with E-state index in [9.17, 15) is 28.8 Å². The van der Waals surface area contributed by atoms with E-state index in [0.717, 1.165) is 0 Å². The Hall–Kier alpha value is -3.81. The Morgan fingerprint density at radius 3 is 2.24 bits per heavy atom. The van der Waals surface area contributed by atoms with Gasteiger partial charge in [-0.15, -0.1) is 0 Å². The number of imidazole rings is 1. The van der Waals surface area contributed by atoms with Crippen LogP contribution in [0.5, 0.6) is 0 Å². The molecule has 0 aliphatic heterocycles. The summed E-state index contributed by atoms with van der Waals surface area (Å²) in [7, 11) is 0. The van der Waals surface area contributed by atoms with Crippen molar-refractivity contribution in [2.24, 2.45) is 17.4 Å². The number of aliphatic carboxylic acids is 1. The molecular formula is C19H29N7O7. The maximum Gasteiger partial charge on any atom is 0.305 e. The summed E-state index contributed by atoms with van der Waals surface area (Å²) < 4.78 is 0. The summed E-state index contributed by atoms with van der Waals surface area (Å²) in [4.78, 5) is 77.5. The van der Waals surface area contributed by atoms with E-state index in [-0.39, 0.29) is 6.42 Å². The number of hydrogen-bond donors (Lipinski definition) is 7. The fraction of sp³-hybridized carbons (Fsp3) is 0.526. The van der Waals surface area contributed by atoms with Gasteiger partial charge in [0, 0.05) is 18.3 Å². The number of hydrogen-bond acceptors (Lipinski definition) is 8. The number of carbonyl (C=O) groups excluding carboxylic acids is 5. The Morgan fingerprint density at radius 2 is 1.76 bits per heavy atom. The van der Waals surface area contributed by atoms with Crippen LogP contribution in [0, 0.1) is 5.92 Å². The third-order valence-electron chi connectivity index (χ3n) is 4.50. The van der Waals surface area contributed by atoms with Gasteiger partial charge in [-0.05, 0) is 5.92 Å². The zero-order chi connectivity index (χ0) is 25.1. The molecular weight excluding hydrogens is 438 g/mol. The molecule has 0 aliphatic carbocycles. The quantitative estimate of drug-likeness (QED) is 0.137. The van der Waals surface area contributed by atoms with Crippen LogP contribution in [0.15, 0.2) is 12.5 Å². The number of primary amides is 1. The highest BCUT2D eigenvalue weighted by molar-refractivity contribution is 5.94. The predicted octanol–water partition coefficient (Wildman–Crippen LogP) is -3.06. The Balaban J connectivity index is 3.00. The van der Waals surface area contributed by atoms with Crippen molar-refractivity contribution in [3.05, 3.63) is 18.2 Å². The van der Waals surface area contributed by atoms with Gasteiger partial charge in [-0.25, -0.2) is 4.98 Å². The standard InChI is InChI=1S/C19H29N7O7/c1-9(2)16(26-17(31)12(20)5-15(29)30)19(33)25-13(3-10-6-22-8-23-10)18(32)24-11(7-27)4-14(21)28/h6-9,11-13,16H,3-5,20H2,1-2H3,(H2,21,28)(H,22,23)(H,24,32)(H,25,33)(H,26,31)(H,29,30)/t11-,12-,13-,16-/m0/s1. The monoisotopic (exact) mass is 467 g/mol. The summed E-state index contributed by atoms with van der Waals surface area (Å²) >= 11 is 0. The number of nitrogens with zero attached hydrogens (tertiary/aromatic N) is 1. The van der Waals surface area contributed by atoms with Gasteiger partial charge in [0.2, 0.25) is 23.6 Å². The van der Waals surface area contributed by atoms with Crippen LogP contribution in [0.4, 0.5) is 0 Å². The Bertz CT molecular complexity index is 857. The molecule has 0 aromatic carbocycles. The van der Waals surface area contributed by atoms with Crippen molar-refractivity contribution in [2.45, 2.75) is 57.3 Å². The normalized spacial score (nSPS) is 14.4. The van der Waals surface area contributed by atoms with Gasteiger partial charge in [-0.2, -0.15) is 0 Å². The highest BCUT2D eigenvalue weighted by Crippen LogP contribution is 2.06. The molecule has 0 aliphatic rings. The van der Waals surface area contributed by atoms with Gasteiger partial charge >= 0.3 is 5.97 Å². The van der Waals surface area contributed by atoms with Crippen LogP contribution < -0.4 is 27.4 Å². The van der Waals surface area contributed by atoms with Crippen molar-refractivity contribution in [3.8, 4) is 0 Å². The van der Waals surface area contributed by atoms with Crippen molar-refractivity contribution in [3.63, 3.8) is 0 Å². The second-order valence-corrected chi connectivity index (χ2v) is 7.70. The number of carbonyl (C=O) groups is 6. The lowest BCUT2D eigenvalue weighted by molar-refractivity contribution is -0.140. The summed E-state index contributed by atoms with van der Waals surface area (Å²) in [6.07, 6.45) is 2.05. The van der Waals surface area contributed by atoms with Crippen molar-refractivity contribution in [2.75, 3.05) is 0 Å². The third-order valence-corrected chi connectivity index (χ3v) is 4.50. The molecule has 9 N–H and O–H groups in total. The minimum atomic E-state index is -1.37. The SMILES string of the molecule is CC(C)[C@H](NC(=O)[C@@H](N)CC(=O)O)C(=O)N[C@@H](Cc1cnc[nH]1)C(=O)N[C@H](C=O)CC(N)=O. The summed E-state index contributed by atoms with van der Waals surface area (Å²) in [6, 6.07) is -4.91. The van der Waals surface area contributed by atoms with E-state index in [0.29, 0.717) is 12.0 Å². The van der Waals surface area contributed by atoms with Crippen LogP contribution in [0.25, 0.3) is 0 Å². The topological polar surface area (TPSA) is 239 Å². The summed E-state index contributed by atoms with van der Waals surface area (Å²) in [5.41, 5.74) is 11.1. The summed E-state index contributed by atoms with van der Waals surface area (Å²) in [6.45, 7) is 3.26. The Labute approximate surface area is 189 Å². The first-order valence-corrected chi connectivity index (χ1v) is 10.0. The van der Waals surface area contributed by atoms with Gasteiger partial charge in [0.05, 0.1) is 31.3 Å². The number of carboxylic acids is 1. The Kier molecular flexibility index (Phi) is 10.6. The molecule has 14 nitrogen and oxygen atoms in total. The van der Waals surface area contributed by atoms with Crippen molar-refractivity contribution >= 4 is 35.9 Å². The average Bonchev–Trinajstić information content (AvgIpc) is 3.22. The molecule has 1 rings (SSSR count). The van der Waals surface area contributed by atoms with Crippen molar-refractivity contribution in [1.29, 1.82) is 0 Å². The molecule has 0 saturated heterocycles. The molecule has 0 unspecified atom stereocenters. The van der Waals surface area contributed by atoms with E-state index in [1.54, 1.807) is 13.8 Å². The molecule has 0 radical (unpaired) electrons. The number of aromatic nitrogens is 2. The fourth-order valence-electron chi connectivity index (χ4n) is 2.80. The molecule has 4 amide bonds. The number of amides is 4. The van der Waals surface area contributed by atoms with E-state index >= 15 is 0 Å². The van der Waals surface area contributed by atoms with Gasteiger partial charge < -0.3 is 42.3 Å². The van der Waals surface area contributed by atoms with Gasteiger partial charge in [0.1, 0.15) is 18.4 Å². The smallest absolute Gasteiger partial charge is 0.305 e. The second-order valence-electron chi connectivity index (χ2n) is 7.70. The van der Waals surface area contributed by atoms with Gasteiger partial charge in [0.15, 0.2) is 0 Å². The molecule has 0 spiro atoms. The van der Waals surface area contributed by atoms with Gasteiger partial charge in [-0.3, -0.25) is 24.0 Å². The largest absolute Gasteiger partial charge is 0.481 e. The fourth-order valence-corrected chi connectivity index (χ4v) is 2.80. The third kappa shape index (κ3) is 9.47. The average molecular weight is 467 g/mol. The molecule has 14 heteroatoms. The molecule has 182 valence electrons. The molecule has 1 aromatic heterocycles. The second kappa shape index (κ2) is 12.9. The molecule has 0 bridgehead atoms. The number of carboxylic acid groups (broad SMARTS) is 1. The van der Waals surface area contributed by atoms with E-state index in [1.165, 1.54) is 12.5 Å². The zero-order valence-electron chi connectivity index (χ0n) is 18.2. The van der Waals surface area contributed by atoms with Crippen LogP contribution in [-0.2, 0) is 35.2 Å². The first-order chi connectivity index (χ1) is 15.4. The maximum absolute atomic E-state index is 12.9. The van der Waals surface area contributed by atoms with Crippen LogP contribution >= 0.6 is 0 Å². The highest BCUT2D eigenvalue weighted by Gasteiger charge is 2.31. The number of nitrogens with one attached hydrogen (secondary N) is 4. The van der Waals surface area contributed by atoms with E-state index in [1.807, 2.05) is 0 Å². The first kappa shape index (κ1) is 27.2. The van der Waals surface area contributed by atoms with E-state index in [4.69, 9.17) is 16.6 Å². The predicted molar refractivity (Wildman–Crippen MR) is 113 cm³/mol. The summed E-state index contributed by atoms with van der Waals surface area (Å²) in [5, 5.41) is 16.0. The molecule has 4 atom stereocenters. The number of rotatable bonds is 14. The number of aromatic amines is 1. The van der Waals surface area contributed by atoms with E-state index < -0.39 is 72.5 Å². The van der Waals surface area contributed by atoms with Crippen LogP contribution in [0.3, 0.4) is 0 Å². The molecule has 33 heavy (non-hydrogen) atoms. The lowest BCUT2D eigenvalue weighted by Gasteiger charge is -2.26. The van der Waals surface area contributed by atoms with Crippen molar-refractivity contribution in [1.82, 2.24) is 25.9 Å². The minimum Gasteiger partial charge on any atom is -0.481 e. The van der Waals surface area contributed by atoms with Crippen LogP contribution in [0.2, 0.25) is 0 Å². The number of aldehydes is 1. The number of nitrogens with two attached hydrogens (primary N) is 2. The highest BCUT2D eigenvalue weighted by atomic mass is 16.4. The molecule has 0 saturated carbocycles. The maximum atomic E-state index is 12.9. The van der Waals surface area contributed by atoms with E-state index in [2.05, 4.69) is 25.9 Å². The minimum absolute atomic E-state index is 0.0446. The lowest BCUT2D eigenvalue weighted by Crippen LogP contribution is -2.58. The van der Waals surface area contributed by atoms with Crippen LogP contribution in [-0.4, -0.2) is 75.1 Å². The van der Waals surface area contributed by atoms with Gasteiger partial charge in [-0.1, -0.05) is 13.8 Å². The molecule has 1 aromatic rings. The van der Waals surface area contributed by atoms with Crippen molar-refractivity contribution < 1.29 is 33.9 Å². The summed E-state index contributed by atoms with van der Waals surface area (Å²) in [5.74, 6) is -4.88. The number of H-pyrrole nitrogens is 1. The Morgan fingerprint density at radius 1 is 1.09 bits per heavy atom. The lowest BCUT2D eigenvalue weighted by atomic mass is 10.0. The molecule has 0 fully saturated rings. The van der Waals surface area contributed by atoms with Gasteiger partial charge in [0.25, 0.3) is 0 Å². The van der Waals surface area contributed by atoms with Crippen LogP contribution in [0.1, 0.15) is 32.4 Å².